The summed E-state index contributed by atoms with van der Waals surface area (Å²) >= 11 is 0. The van der Waals surface area contributed by atoms with Gasteiger partial charge in [-0.1, -0.05) is 20.8 Å². The molecular weight excluding hydrogens is 186 g/mol. The Labute approximate surface area is 92.9 Å². The van der Waals surface area contributed by atoms with Crippen molar-refractivity contribution < 1.29 is 0 Å². The average molecular weight is 209 g/mol. The van der Waals surface area contributed by atoms with Crippen molar-refractivity contribution in [2.45, 2.75) is 39.7 Å². The van der Waals surface area contributed by atoms with Gasteiger partial charge in [-0.25, -0.2) is 4.98 Å². The van der Waals surface area contributed by atoms with Crippen LogP contribution in [0.4, 0.5) is 0 Å². The molecule has 1 heterocycles. The molecule has 0 aliphatic heterocycles. The smallest absolute Gasteiger partial charge is 0.125 e. The highest BCUT2D eigenvalue weighted by Crippen LogP contribution is 2.13. The van der Waals surface area contributed by atoms with Crippen molar-refractivity contribution in [3.63, 3.8) is 0 Å². The Hall–Kier alpha value is -0.830. The normalized spacial score (nSPS) is 13.4. The summed E-state index contributed by atoms with van der Waals surface area (Å²) < 4.78 is 2.09. The zero-order chi connectivity index (χ0) is 11.3. The van der Waals surface area contributed by atoms with Crippen LogP contribution in [0, 0.1) is 5.92 Å². The topological polar surface area (TPSA) is 29.9 Å². The maximum Gasteiger partial charge on any atom is 0.125 e. The van der Waals surface area contributed by atoms with Crippen LogP contribution in [0.3, 0.4) is 0 Å². The van der Waals surface area contributed by atoms with Crippen LogP contribution in [-0.2, 0) is 7.05 Å². The van der Waals surface area contributed by atoms with Crippen molar-refractivity contribution in [3.05, 3.63) is 18.2 Å². The molecule has 0 aliphatic carbocycles. The molecule has 0 bridgehead atoms. The minimum atomic E-state index is 0.392. The van der Waals surface area contributed by atoms with Gasteiger partial charge in [0.15, 0.2) is 0 Å². The van der Waals surface area contributed by atoms with Gasteiger partial charge in [-0.3, -0.25) is 0 Å². The molecule has 1 N–H and O–H groups in total. The van der Waals surface area contributed by atoms with E-state index in [0.717, 1.165) is 24.7 Å². The number of aryl methyl sites for hydroxylation is 1. The summed E-state index contributed by atoms with van der Waals surface area (Å²) in [6, 6.07) is 0.392. The molecule has 15 heavy (non-hydrogen) atoms. The Kier molecular flexibility index (Phi) is 4.82. The van der Waals surface area contributed by atoms with E-state index in [4.69, 9.17) is 0 Å². The van der Waals surface area contributed by atoms with E-state index < -0.39 is 0 Å². The molecule has 1 aromatic heterocycles. The van der Waals surface area contributed by atoms with Crippen LogP contribution >= 0.6 is 0 Å². The zero-order valence-corrected chi connectivity index (χ0v) is 10.3. The summed E-state index contributed by atoms with van der Waals surface area (Å²) in [6.45, 7) is 7.78. The fourth-order valence-electron chi connectivity index (χ4n) is 1.68. The molecule has 3 heteroatoms. The van der Waals surface area contributed by atoms with Gasteiger partial charge in [0.1, 0.15) is 5.82 Å². The second-order valence-corrected chi connectivity index (χ2v) is 4.49. The van der Waals surface area contributed by atoms with Gasteiger partial charge in [-0.2, -0.15) is 0 Å². The molecule has 0 fully saturated rings. The van der Waals surface area contributed by atoms with Crippen molar-refractivity contribution in [3.8, 4) is 0 Å². The van der Waals surface area contributed by atoms with Gasteiger partial charge in [0.2, 0.25) is 0 Å². The molecule has 0 spiro atoms. The maximum absolute atomic E-state index is 4.39. The van der Waals surface area contributed by atoms with Crippen LogP contribution in [-0.4, -0.2) is 16.1 Å². The third-order valence-corrected chi connectivity index (χ3v) is 2.69. The van der Waals surface area contributed by atoms with Crippen molar-refractivity contribution in [1.29, 1.82) is 0 Å². The standard InChI is InChI=1S/C12H23N3/c1-5-11(13-7-6-10(2)3)12-14-8-9-15(12)4/h8-11,13H,5-7H2,1-4H3. The molecule has 0 saturated heterocycles. The summed E-state index contributed by atoms with van der Waals surface area (Å²) in [4.78, 5) is 4.39. The molecule has 0 saturated carbocycles. The predicted octanol–water partition coefficient (Wildman–Crippen LogP) is 2.51. The number of hydrogen-bond acceptors (Lipinski definition) is 2. The van der Waals surface area contributed by atoms with Crippen LogP contribution in [0.15, 0.2) is 12.4 Å². The van der Waals surface area contributed by atoms with Crippen LogP contribution in [0.2, 0.25) is 0 Å². The van der Waals surface area contributed by atoms with Crippen LogP contribution in [0.25, 0.3) is 0 Å². The highest BCUT2D eigenvalue weighted by Gasteiger charge is 2.12. The fraction of sp³-hybridized carbons (Fsp3) is 0.750. The number of hydrogen-bond donors (Lipinski definition) is 1. The third-order valence-electron chi connectivity index (χ3n) is 2.69. The fourth-order valence-corrected chi connectivity index (χ4v) is 1.68. The van der Waals surface area contributed by atoms with Crippen molar-refractivity contribution >= 4 is 0 Å². The highest BCUT2D eigenvalue weighted by molar-refractivity contribution is 4.98. The van der Waals surface area contributed by atoms with Gasteiger partial charge in [-0.05, 0) is 25.3 Å². The van der Waals surface area contributed by atoms with Gasteiger partial charge in [0, 0.05) is 19.4 Å². The number of imidazole rings is 1. The molecule has 3 nitrogen and oxygen atoms in total. The van der Waals surface area contributed by atoms with E-state index >= 15 is 0 Å². The predicted molar refractivity (Wildman–Crippen MR) is 63.7 cm³/mol. The molecule has 0 radical (unpaired) electrons. The number of nitrogens with zero attached hydrogens (tertiary/aromatic N) is 2. The SMILES string of the molecule is CCC(NCCC(C)C)c1nccn1C. The minimum absolute atomic E-state index is 0.392. The lowest BCUT2D eigenvalue weighted by Gasteiger charge is -2.17. The molecular formula is C12H23N3. The number of aromatic nitrogens is 2. The summed E-state index contributed by atoms with van der Waals surface area (Å²) in [7, 11) is 2.05. The van der Waals surface area contributed by atoms with E-state index in [1.165, 1.54) is 6.42 Å². The number of rotatable bonds is 6. The average Bonchev–Trinajstić information content (AvgIpc) is 2.59. The van der Waals surface area contributed by atoms with Crippen LogP contribution in [0.1, 0.15) is 45.5 Å². The maximum atomic E-state index is 4.39. The highest BCUT2D eigenvalue weighted by atomic mass is 15.1. The van der Waals surface area contributed by atoms with Crippen LogP contribution in [0.5, 0.6) is 0 Å². The van der Waals surface area contributed by atoms with E-state index in [2.05, 4.69) is 42.7 Å². The summed E-state index contributed by atoms with van der Waals surface area (Å²) in [5.41, 5.74) is 0. The summed E-state index contributed by atoms with van der Waals surface area (Å²) in [5.74, 6) is 1.90. The largest absolute Gasteiger partial charge is 0.337 e. The lowest BCUT2D eigenvalue weighted by Crippen LogP contribution is -2.25. The Bertz CT molecular complexity index is 278. The van der Waals surface area contributed by atoms with E-state index in [1.54, 1.807) is 0 Å². The molecule has 0 amide bonds. The lowest BCUT2D eigenvalue weighted by atomic mass is 10.1. The van der Waals surface area contributed by atoms with Crippen molar-refractivity contribution in [2.24, 2.45) is 13.0 Å². The van der Waals surface area contributed by atoms with Crippen LogP contribution < -0.4 is 5.32 Å². The van der Waals surface area contributed by atoms with E-state index in [9.17, 15) is 0 Å². The van der Waals surface area contributed by atoms with E-state index in [1.807, 2.05) is 12.4 Å². The minimum Gasteiger partial charge on any atom is -0.337 e. The number of nitrogens with one attached hydrogen (secondary N) is 1. The van der Waals surface area contributed by atoms with Crippen molar-refractivity contribution in [2.75, 3.05) is 6.54 Å². The molecule has 1 rings (SSSR count). The monoisotopic (exact) mass is 209 g/mol. The molecule has 1 atom stereocenters. The Morgan fingerprint density at radius 3 is 2.67 bits per heavy atom. The van der Waals surface area contributed by atoms with E-state index in [-0.39, 0.29) is 0 Å². The van der Waals surface area contributed by atoms with Gasteiger partial charge in [0.05, 0.1) is 6.04 Å². The van der Waals surface area contributed by atoms with Gasteiger partial charge in [-0.15, -0.1) is 0 Å². The third kappa shape index (κ3) is 3.67. The lowest BCUT2D eigenvalue weighted by molar-refractivity contribution is 0.447. The first-order chi connectivity index (χ1) is 7.15. The Balaban J connectivity index is 2.46. The van der Waals surface area contributed by atoms with E-state index in [0.29, 0.717) is 6.04 Å². The Morgan fingerprint density at radius 1 is 1.47 bits per heavy atom. The molecule has 1 unspecified atom stereocenters. The molecule has 0 aliphatic rings. The van der Waals surface area contributed by atoms with Gasteiger partial charge >= 0.3 is 0 Å². The van der Waals surface area contributed by atoms with Gasteiger partial charge in [0.25, 0.3) is 0 Å². The quantitative estimate of drug-likeness (QED) is 0.780. The molecule has 0 aromatic carbocycles. The first kappa shape index (κ1) is 12.2. The summed E-state index contributed by atoms with van der Waals surface area (Å²) in [5, 5.41) is 3.56. The molecule has 86 valence electrons. The first-order valence-electron chi connectivity index (χ1n) is 5.85. The first-order valence-corrected chi connectivity index (χ1v) is 5.85. The second kappa shape index (κ2) is 5.91. The molecule has 1 aromatic rings. The van der Waals surface area contributed by atoms with Gasteiger partial charge < -0.3 is 9.88 Å². The van der Waals surface area contributed by atoms with Crippen molar-refractivity contribution in [1.82, 2.24) is 14.9 Å². The Morgan fingerprint density at radius 2 is 2.20 bits per heavy atom. The second-order valence-electron chi connectivity index (χ2n) is 4.49. The summed E-state index contributed by atoms with van der Waals surface area (Å²) in [6.07, 6.45) is 6.17. The zero-order valence-electron chi connectivity index (χ0n) is 10.3.